The molecule has 0 saturated carbocycles. The zero-order valence-electron chi connectivity index (χ0n) is 18.4. The predicted octanol–water partition coefficient (Wildman–Crippen LogP) is 2.65. The zero-order chi connectivity index (χ0) is 22.0. The fourth-order valence-electron chi connectivity index (χ4n) is 4.76. The van der Waals surface area contributed by atoms with Crippen molar-refractivity contribution in [2.75, 3.05) is 32.8 Å². The van der Waals surface area contributed by atoms with Gasteiger partial charge in [0.2, 0.25) is 17.7 Å². The second-order valence-electron chi connectivity index (χ2n) is 8.93. The van der Waals surface area contributed by atoms with Crippen molar-refractivity contribution in [3.63, 3.8) is 0 Å². The summed E-state index contributed by atoms with van der Waals surface area (Å²) >= 11 is 0. The molecule has 4 rings (SSSR count). The largest absolute Gasteiger partial charge is 0.484 e. The summed E-state index contributed by atoms with van der Waals surface area (Å²) in [6, 6.07) is 9.36. The third-order valence-electron chi connectivity index (χ3n) is 6.51. The van der Waals surface area contributed by atoms with Gasteiger partial charge in [0.15, 0.2) is 6.61 Å². The first-order chi connectivity index (χ1) is 14.9. The number of nitrogens with zero attached hydrogens (tertiary/aromatic N) is 4. The van der Waals surface area contributed by atoms with E-state index in [1.807, 2.05) is 54.0 Å². The van der Waals surface area contributed by atoms with Crippen LogP contribution in [0.15, 0.2) is 34.7 Å². The Morgan fingerprint density at radius 1 is 1.16 bits per heavy atom. The molecule has 2 fully saturated rings. The van der Waals surface area contributed by atoms with Gasteiger partial charge in [0.1, 0.15) is 5.75 Å². The monoisotopic (exact) mass is 426 g/mol. The summed E-state index contributed by atoms with van der Waals surface area (Å²) in [5, 5.41) is 8.29. The van der Waals surface area contributed by atoms with Crippen LogP contribution in [-0.2, 0) is 9.59 Å². The van der Waals surface area contributed by atoms with Crippen LogP contribution in [0.2, 0.25) is 0 Å². The van der Waals surface area contributed by atoms with Gasteiger partial charge in [0.25, 0.3) is 5.91 Å². The predicted molar refractivity (Wildman–Crippen MR) is 113 cm³/mol. The van der Waals surface area contributed by atoms with Gasteiger partial charge >= 0.3 is 0 Å². The van der Waals surface area contributed by atoms with Crippen molar-refractivity contribution in [1.29, 1.82) is 0 Å². The number of benzene rings is 1. The molecule has 0 radical (unpaired) electrons. The average molecular weight is 427 g/mol. The summed E-state index contributed by atoms with van der Waals surface area (Å²) in [6.07, 6.45) is 1.58. The maximum Gasteiger partial charge on any atom is 0.260 e. The molecule has 2 aliphatic heterocycles. The van der Waals surface area contributed by atoms with Crippen molar-refractivity contribution in [2.24, 2.45) is 11.3 Å². The number of rotatable bonds is 5. The van der Waals surface area contributed by atoms with E-state index in [4.69, 9.17) is 9.15 Å². The molecule has 1 aromatic carbocycles. The van der Waals surface area contributed by atoms with Gasteiger partial charge in [-0.05, 0) is 25.0 Å². The zero-order valence-corrected chi connectivity index (χ0v) is 18.4. The standard InChI is InChI=1S/C23H30N4O4/c1-16(2)22(29)27-13-19(21-25-24-17(3)31-21)23(15-27)9-11-26(12-10-23)20(28)14-30-18-7-5-4-6-8-18/h4-8,16,19H,9-15H2,1-3H3. The van der Waals surface area contributed by atoms with Crippen molar-refractivity contribution >= 4 is 11.8 Å². The summed E-state index contributed by atoms with van der Waals surface area (Å²) < 4.78 is 11.4. The second-order valence-corrected chi connectivity index (χ2v) is 8.93. The Balaban J connectivity index is 1.43. The highest BCUT2D eigenvalue weighted by Crippen LogP contribution is 2.49. The van der Waals surface area contributed by atoms with Gasteiger partial charge in [-0.15, -0.1) is 10.2 Å². The van der Waals surface area contributed by atoms with Crippen LogP contribution in [0.3, 0.4) is 0 Å². The molecule has 31 heavy (non-hydrogen) atoms. The van der Waals surface area contributed by atoms with Crippen LogP contribution in [0.1, 0.15) is 44.4 Å². The summed E-state index contributed by atoms with van der Waals surface area (Å²) in [5.41, 5.74) is -0.152. The van der Waals surface area contributed by atoms with Crippen LogP contribution in [0, 0.1) is 18.3 Å². The van der Waals surface area contributed by atoms with Gasteiger partial charge in [-0.2, -0.15) is 0 Å². The number of aromatic nitrogens is 2. The molecule has 3 heterocycles. The van der Waals surface area contributed by atoms with E-state index in [2.05, 4.69) is 10.2 Å². The number of aryl methyl sites for hydroxylation is 1. The first-order valence-electron chi connectivity index (χ1n) is 10.9. The smallest absolute Gasteiger partial charge is 0.260 e. The van der Waals surface area contributed by atoms with E-state index in [1.165, 1.54) is 0 Å². The Hall–Kier alpha value is -2.90. The van der Waals surface area contributed by atoms with E-state index in [0.29, 0.717) is 43.7 Å². The SMILES string of the molecule is Cc1nnc(C2CN(C(=O)C(C)C)CC23CCN(C(=O)COc2ccccc2)CC3)o1. The van der Waals surface area contributed by atoms with Crippen molar-refractivity contribution in [2.45, 2.75) is 39.5 Å². The fraction of sp³-hybridized carbons (Fsp3) is 0.565. The average Bonchev–Trinajstić information content (AvgIpc) is 3.36. The van der Waals surface area contributed by atoms with E-state index in [9.17, 15) is 9.59 Å². The van der Waals surface area contributed by atoms with Crippen LogP contribution >= 0.6 is 0 Å². The topological polar surface area (TPSA) is 88.8 Å². The Bertz CT molecular complexity index is 919. The van der Waals surface area contributed by atoms with Gasteiger partial charge in [0.05, 0.1) is 5.92 Å². The molecule has 1 aromatic heterocycles. The molecule has 2 saturated heterocycles. The summed E-state index contributed by atoms with van der Waals surface area (Å²) in [6.45, 7) is 8.17. The number of carbonyl (C=O) groups excluding carboxylic acids is 2. The van der Waals surface area contributed by atoms with Gasteiger partial charge in [-0.3, -0.25) is 9.59 Å². The van der Waals surface area contributed by atoms with Crippen molar-refractivity contribution in [3.8, 4) is 5.75 Å². The molecule has 1 atom stereocenters. The first kappa shape index (κ1) is 21.3. The van der Waals surface area contributed by atoms with Crippen LogP contribution in [0.25, 0.3) is 0 Å². The van der Waals surface area contributed by atoms with E-state index >= 15 is 0 Å². The lowest BCUT2D eigenvalue weighted by molar-refractivity contribution is -0.137. The molecule has 8 nitrogen and oxygen atoms in total. The Kier molecular flexibility index (Phi) is 5.98. The van der Waals surface area contributed by atoms with Gasteiger partial charge < -0.3 is 19.0 Å². The summed E-state index contributed by atoms with van der Waals surface area (Å²) in [5.74, 6) is 1.89. The Labute approximate surface area is 182 Å². The van der Waals surface area contributed by atoms with E-state index in [0.717, 1.165) is 12.8 Å². The number of piperidine rings is 1. The Morgan fingerprint density at radius 3 is 2.48 bits per heavy atom. The van der Waals surface area contributed by atoms with Crippen molar-refractivity contribution in [1.82, 2.24) is 20.0 Å². The number of amides is 2. The number of likely N-dealkylation sites (tertiary alicyclic amines) is 2. The molecular formula is C23H30N4O4. The van der Waals surface area contributed by atoms with E-state index < -0.39 is 0 Å². The number of hydrogen-bond acceptors (Lipinski definition) is 6. The molecule has 1 spiro atoms. The lowest BCUT2D eigenvalue weighted by Crippen LogP contribution is -2.47. The van der Waals surface area contributed by atoms with Gasteiger partial charge in [-0.1, -0.05) is 32.0 Å². The Morgan fingerprint density at radius 2 is 1.87 bits per heavy atom. The van der Waals surface area contributed by atoms with Gasteiger partial charge in [-0.25, -0.2) is 0 Å². The van der Waals surface area contributed by atoms with Crippen LogP contribution in [0.4, 0.5) is 0 Å². The lowest BCUT2D eigenvalue weighted by Gasteiger charge is -2.41. The second kappa shape index (κ2) is 8.69. The van der Waals surface area contributed by atoms with Gasteiger partial charge in [0, 0.05) is 44.4 Å². The molecule has 2 amide bonds. The molecule has 0 aliphatic carbocycles. The van der Waals surface area contributed by atoms with Crippen molar-refractivity contribution < 1.29 is 18.7 Å². The highest BCUT2D eigenvalue weighted by Gasteiger charge is 2.52. The molecule has 2 aromatic rings. The quantitative estimate of drug-likeness (QED) is 0.730. The third kappa shape index (κ3) is 4.43. The minimum atomic E-state index is -0.152. The van der Waals surface area contributed by atoms with Crippen LogP contribution in [-0.4, -0.2) is 64.6 Å². The molecule has 2 aliphatic rings. The minimum Gasteiger partial charge on any atom is -0.484 e. The van der Waals surface area contributed by atoms with E-state index in [1.54, 1.807) is 6.92 Å². The van der Waals surface area contributed by atoms with Crippen molar-refractivity contribution in [3.05, 3.63) is 42.1 Å². The molecule has 0 bridgehead atoms. The number of para-hydroxylation sites is 1. The normalized spacial score (nSPS) is 20.5. The highest BCUT2D eigenvalue weighted by molar-refractivity contribution is 5.79. The molecule has 8 heteroatoms. The number of carbonyl (C=O) groups is 2. The lowest BCUT2D eigenvalue weighted by atomic mass is 9.70. The fourth-order valence-corrected chi connectivity index (χ4v) is 4.76. The molecule has 166 valence electrons. The van der Waals surface area contributed by atoms with Crippen LogP contribution in [0.5, 0.6) is 5.75 Å². The molecular weight excluding hydrogens is 396 g/mol. The molecule has 1 unspecified atom stereocenters. The maximum absolute atomic E-state index is 12.7. The highest BCUT2D eigenvalue weighted by atomic mass is 16.5. The number of hydrogen-bond donors (Lipinski definition) is 0. The third-order valence-corrected chi connectivity index (χ3v) is 6.51. The first-order valence-corrected chi connectivity index (χ1v) is 10.9. The summed E-state index contributed by atoms with van der Waals surface area (Å²) in [4.78, 5) is 29.2. The maximum atomic E-state index is 12.7. The van der Waals surface area contributed by atoms with Crippen LogP contribution < -0.4 is 4.74 Å². The minimum absolute atomic E-state index is 0.00535. The molecule has 0 N–H and O–H groups in total. The number of ether oxygens (including phenoxy) is 1. The summed E-state index contributed by atoms with van der Waals surface area (Å²) in [7, 11) is 0. The van der Waals surface area contributed by atoms with E-state index in [-0.39, 0.29) is 35.7 Å².